The standard InChI is InChI=1S/C20H29N5O2S/c1-15-12-16(2)25(23-15)11-7-10-21-19(26)13-24(3)14-20(27)22-17-8-5-6-9-18(17)28-4/h5-6,8-9,12H,7,10-11,13-14H2,1-4H3,(H,21,26)(H,22,27). The number of anilines is 1. The highest BCUT2D eigenvalue weighted by Crippen LogP contribution is 2.24. The van der Waals surface area contributed by atoms with E-state index in [0.29, 0.717) is 6.54 Å². The number of amides is 2. The van der Waals surface area contributed by atoms with E-state index in [4.69, 9.17) is 0 Å². The molecule has 0 aliphatic rings. The van der Waals surface area contributed by atoms with Crippen LogP contribution in [0.25, 0.3) is 0 Å². The van der Waals surface area contributed by atoms with Crippen molar-refractivity contribution >= 4 is 29.3 Å². The lowest BCUT2D eigenvalue weighted by molar-refractivity contribution is -0.122. The number of aryl methyl sites for hydroxylation is 3. The van der Waals surface area contributed by atoms with Crippen LogP contribution in [0.4, 0.5) is 5.69 Å². The maximum atomic E-state index is 12.2. The fourth-order valence-corrected chi connectivity index (χ4v) is 3.45. The molecule has 2 aromatic rings. The minimum absolute atomic E-state index is 0.0896. The zero-order valence-corrected chi connectivity index (χ0v) is 17.8. The van der Waals surface area contributed by atoms with Crippen LogP contribution in [-0.2, 0) is 16.1 Å². The van der Waals surface area contributed by atoms with Gasteiger partial charge in [0.2, 0.25) is 11.8 Å². The number of hydrogen-bond acceptors (Lipinski definition) is 5. The molecule has 0 bridgehead atoms. The van der Waals surface area contributed by atoms with Gasteiger partial charge in [-0.2, -0.15) is 5.10 Å². The molecule has 152 valence electrons. The predicted molar refractivity (Wildman–Crippen MR) is 114 cm³/mol. The molecule has 28 heavy (non-hydrogen) atoms. The molecular formula is C20H29N5O2S. The van der Waals surface area contributed by atoms with Crippen molar-refractivity contribution in [1.82, 2.24) is 20.0 Å². The average molecular weight is 404 g/mol. The second kappa shape index (κ2) is 10.9. The molecule has 0 radical (unpaired) electrons. The number of nitrogens with zero attached hydrogens (tertiary/aromatic N) is 3. The van der Waals surface area contributed by atoms with Crippen LogP contribution >= 0.6 is 11.8 Å². The van der Waals surface area contributed by atoms with Crippen molar-refractivity contribution < 1.29 is 9.59 Å². The van der Waals surface area contributed by atoms with Gasteiger partial charge in [-0.05, 0) is 51.8 Å². The topological polar surface area (TPSA) is 79.3 Å². The molecule has 1 aromatic carbocycles. The summed E-state index contributed by atoms with van der Waals surface area (Å²) in [6.07, 6.45) is 2.78. The number of likely N-dealkylation sites (N-methyl/N-ethyl adjacent to an activating group) is 1. The molecule has 0 saturated carbocycles. The molecule has 1 heterocycles. The third kappa shape index (κ3) is 7.01. The minimum Gasteiger partial charge on any atom is -0.355 e. The first-order valence-electron chi connectivity index (χ1n) is 9.28. The second-order valence-corrected chi connectivity index (χ2v) is 7.62. The van der Waals surface area contributed by atoms with Crippen LogP contribution in [0.2, 0.25) is 0 Å². The summed E-state index contributed by atoms with van der Waals surface area (Å²) in [6, 6.07) is 9.70. The summed E-state index contributed by atoms with van der Waals surface area (Å²) >= 11 is 1.58. The number of thioether (sulfide) groups is 1. The van der Waals surface area contributed by atoms with Gasteiger partial charge in [0, 0.05) is 23.7 Å². The molecule has 2 amide bonds. The summed E-state index contributed by atoms with van der Waals surface area (Å²) in [6.45, 7) is 5.68. The molecule has 0 atom stereocenters. The summed E-state index contributed by atoms with van der Waals surface area (Å²) in [4.78, 5) is 27.0. The van der Waals surface area contributed by atoms with Crippen LogP contribution < -0.4 is 10.6 Å². The Balaban J connectivity index is 1.67. The lowest BCUT2D eigenvalue weighted by Gasteiger charge is -2.17. The summed E-state index contributed by atoms with van der Waals surface area (Å²) in [5, 5.41) is 10.2. The normalized spacial score (nSPS) is 10.9. The van der Waals surface area contributed by atoms with Crippen molar-refractivity contribution in [1.29, 1.82) is 0 Å². The average Bonchev–Trinajstić information content (AvgIpc) is 2.96. The number of carbonyl (C=O) groups is 2. The zero-order valence-electron chi connectivity index (χ0n) is 17.0. The van der Waals surface area contributed by atoms with Crippen molar-refractivity contribution in [3.8, 4) is 0 Å². The van der Waals surface area contributed by atoms with Crippen LogP contribution in [0.15, 0.2) is 35.2 Å². The van der Waals surface area contributed by atoms with Crippen molar-refractivity contribution in [2.45, 2.75) is 31.7 Å². The van der Waals surface area contributed by atoms with Crippen LogP contribution in [0.1, 0.15) is 17.8 Å². The fourth-order valence-electron chi connectivity index (χ4n) is 2.90. The number of para-hydroxylation sites is 1. The van der Waals surface area contributed by atoms with Crippen molar-refractivity contribution in [2.24, 2.45) is 0 Å². The number of rotatable bonds is 10. The fraction of sp³-hybridized carbons (Fsp3) is 0.450. The maximum absolute atomic E-state index is 12.2. The summed E-state index contributed by atoms with van der Waals surface area (Å²) in [5.41, 5.74) is 2.92. The summed E-state index contributed by atoms with van der Waals surface area (Å²) in [5.74, 6) is -0.227. The Bertz CT molecular complexity index is 806. The second-order valence-electron chi connectivity index (χ2n) is 6.77. The number of carbonyl (C=O) groups excluding carboxylic acids is 2. The van der Waals surface area contributed by atoms with Crippen molar-refractivity contribution in [2.75, 3.05) is 38.3 Å². The highest BCUT2D eigenvalue weighted by Gasteiger charge is 2.12. The smallest absolute Gasteiger partial charge is 0.238 e. The van der Waals surface area contributed by atoms with Gasteiger partial charge in [0.25, 0.3) is 0 Å². The zero-order chi connectivity index (χ0) is 20.5. The van der Waals surface area contributed by atoms with Crippen LogP contribution in [0.5, 0.6) is 0 Å². The van der Waals surface area contributed by atoms with Gasteiger partial charge < -0.3 is 10.6 Å². The Kier molecular flexibility index (Phi) is 8.53. The van der Waals surface area contributed by atoms with Crippen LogP contribution in [0.3, 0.4) is 0 Å². The van der Waals surface area contributed by atoms with E-state index < -0.39 is 0 Å². The van der Waals surface area contributed by atoms with E-state index in [1.807, 2.05) is 55.1 Å². The molecule has 0 aliphatic carbocycles. The number of nitrogens with one attached hydrogen (secondary N) is 2. The minimum atomic E-state index is -0.138. The Morgan fingerprint density at radius 2 is 1.89 bits per heavy atom. The Hall–Kier alpha value is -2.32. The molecule has 2 rings (SSSR count). The van der Waals surface area contributed by atoms with E-state index in [1.165, 1.54) is 0 Å². The highest BCUT2D eigenvalue weighted by molar-refractivity contribution is 7.98. The summed E-state index contributed by atoms with van der Waals surface area (Å²) in [7, 11) is 1.76. The van der Waals surface area contributed by atoms with E-state index in [0.717, 1.165) is 34.9 Å². The number of aromatic nitrogens is 2. The quantitative estimate of drug-likeness (QED) is 0.470. The molecule has 7 nitrogen and oxygen atoms in total. The maximum Gasteiger partial charge on any atom is 0.238 e. The molecule has 0 aliphatic heterocycles. The number of benzene rings is 1. The molecule has 2 N–H and O–H groups in total. The Morgan fingerprint density at radius 1 is 1.18 bits per heavy atom. The van der Waals surface area contributed by atoms with Gasteiger partial charge >= 0.3 is 0 Å². The Morgan fingerprint density at radius 3 is 2.57 bits per heavy atom. The summed E-state index contributed by atoms with van der Waals surface area (Å²) < 4.78 is 1.95. The molecule has 8 heteroatoms. The highest BCUT2D eigenvalue weighted by atomic mass is 32.2. The third-order valence-corrected chi connectivity index (χ3v) is 4.98. The van der Waals surface area contributed by atoms with Gasteiger partial charge in [-0.3, -0.25) is 19.2 Å². The van der Waals surface area contributed by atoms with Crippen molar-refractivity contribution in [3.63, 3.8) is 0 Å². The third-order valence-electron chi connectivity index (χ3n) is 4.18. The van der Waals surface area contributed by atoms with E-state index >= 15 is 0 Å². The predicted octanol–water partition coefficient (Wildman–Crippen LogP) is 2.30. The van der Waals surface area contributed by atoms with E-state index in [2.05, 4.69) is 15.7 Å². The molecule has 0 unspecified atom stereocenters. The van der Waals surface area contributed by atoms with E-state index in [9.17, 15) is 9.59 Å². The SMILES string of the molecule is CSc1ccccc1NC(=O)CN(C)CC(=O)NCCCn1nc(C)cc1C. The van der Waals surface area contributed by atoms with Crippen LogP contribution in [-0.4, -0.2) is 59.4 Å². The Labute approximate surface area is 170 Å². The first-order chi connectivity index (χ1) is 13.4. The van der Waals surface area contributed by atoms with Gasteiger partial charge in [0.15, 0.2) is 0 Å². The first-order valence-corrected chi connectivity index (χ1v) is 10.5. The van der Waals surface area contributed by atoms with Gasteiger partial charge in [0.1, 0.15) is 0 Å². The monoisotopic (exact) mass is 403 g/mol. The van der Waals surface area contributed by atoms with Gasteiger partial charge in [0.05, 0.1) is 24.5 Å². The van der Waals surface area contributed by atoms with Crippen molar-refractivity contribution in [3.05, 3.63) is 41.7 Å². The van der Waals surface area contributed by atoms with Crippen LogP contribution in [0, 0.1) is 13.8 Å². The molecular weight excluding hydrogens is 374 g/mol. The molecule has 0 spiro atoms. The van der Waals surface area contributed by atoms with Gasteiger partial charge in [-0.25, -0.2) is 0 Å². The largest absolute Gasteiger partial charge is 0.355 e. The lowest BCUT2D eigenvalue weighted by atomic mass is 10.3. The molecule has 1 aromatic heterocycles. The lowest BCUT2D eigenvalue weighted by Crippen LogP contribution is -2.39. The number of hydrogen-bond donors (Lipinski definition) is 2. The van der Waals surface area contributed by atoms with E-state index in [-0.39, 0.29) is 24.9 Å². The van der Waals surface area contributed by atoms with Gasteiger partial charge in [-0.15, -0.1) is 11.8 Å². The van der Waals surface area contributed by atoms with Gasteiger partial charge in [-0.1, -0.05) is 12.1 Å². The first kappa shape index (κ1) is 22.0. The molecule has 0 fully saturated rings. The van der Waals surface area contributed by atoms with E-state index in [1.54, 1.807) is 23.7 Å². The molecule has 0 saturated heterocycles.